The maximum atomic E-state index is 14.2. The number of fused-ring (bicyclic) bond motifs is 4. The van der Waals surface area contributed by atoms with Crippen molar-refractivity contribution in [3.63, 3.8) is 0 Å². The van der Waals surface area contributed by atoms with Crippen LogP contribution in [-0.4, -0.2) is 25.3 Å². The lowest BCUT2D eigenvalue weighted by molar-refractivity contribution is 0.0910. The molecule has 1 unspecified atom stereocenters. The molecule has 0 bridgehead atoms. The largest absolute Gasteiger partial charge is 0.283 e. The Morgan fingerprint density at radius 2 is 1.61 bits per heavy atom. The van der Waals surface area contributed by atoms with Gasteiger partial charge in [-0.05, 0) is 68.0 Å². The van der Waals surface area contributed by atoms with E-state index in [1.807, 2.05) is 66.1 Å². The number of thioether (sulfide) groups is 1. The van der Waals surface area contributed by atoms with Crippen molar-refractivity contribution in [1.82, 2.24) is 14.1 Å². The van der Waals surface area contributed by atoms with E-state index < -0.39 is 0 Å². The van der Waals surface area contributed by atoms with Crippen LogP contribution in [0.4, 0.5) is 0 Å². The molecule has 36 heavy (non-hydrogen) atoms. The van der Waals surface area contributed by atoms with Crippen LogP contribution >= 0.6 is 11.8 Å². The average molecular weight is 494 g/mol. The number of aromatic nitrogens is 3. The van der Waals surface area contributed by atoms with Gasteiger partial charge in [-0.25, -0.2) is 4.98 Å². The van der Waals surface area contributed by atoms with Gasteiger partial charge in [-0.15, -0.1) is 0 Å². The molecule has 0 saturated heterocycles. The second kappa shape index (κ2) is 9.43. The zero-order valence-electron chi connectivity index (χ0n) is 20.2. The first-order valence-corrected chi connectivity index (χ1v) is 13.4. The highest BCUT2D eigenvalue weighted by molar-refractivity contribution is 8.00. The summed E-state index contributed by atoms with van der Waals surface area (Å²) in [5.74, 6) is 0.0591. The minimum atomic E-state index is -0.380. The fourth-order valence-corrected chi connectivity index (χ4v) is 6.40. The van der Waals surface area contributed by atoms with Crippen LogP contribution in [0.15, 0.2) is 88.8 Å². The monoisotopic (exact) mass is 493 g/mol. The lowest BCUT2D eigenvalue weighted by Crippen LogP contribution is -2.28. The molecule has 1 aliphatic rings. The molecule has 6 heteroatoms. The third-order valence-corrected chi connectivity index (χ3v) is 8.36. The summed E-state index contributed by atoms with van der Waals surface area (Å²) in [4.78, 5) is 32.6. The Balaban J connectivity index is 1.48. The molecule has 5 aromatic rings. The lowest BCUT2D eigenvalue weighted by Gasteiger charge is -2.20. The van der Waals surface area contributed by atoms with Crippen LogP contribution in [0.1, 0.15) is 42.2 Å². The summed E-state index contributed by atoms with van der Waals surface area (Å²) in [7, 11) is 0. The van der Waals surface area contributed by atoms with Gasteiger partial charge in [-0.1, -0.05) is 67.2 Å². The van der Waals surface area contributed by atoms with E-state index in [0.717, 1.165) is 42.6 Å². The highest BCUT2D eigenvalue weighted by atomic mass is 32.2. The third-order valence-electron chi connectivity index (χ3n) is 7.05. The average Bonchev–Trinajstić information content (AvgIpc) is 3.26. The number of carbonyl (C=O) groups excluding carboxylic acids is 1. The molecule has 2 aromatic heterocycles. The minimum Gasteiger partial charge on any atom is -0.283 e. The zero-order chi connectivity index (χ0) is 24.6. The van der Waals surface area contributed by atoms with Gasteiger partial charge in [0.2, 0.25) is 5.91 Å². The summed E-state index contributed by atoms with van der Waals surface area (Å²) in [6, 6.07) is 25.2. The highest BCUT2D eigenvalue weighted by Gasteiger charge is 2.29. The zero-order valence-corrected chi connectivity index (χ0v) is 21.0. The summed E-state index contributed by atoms with van der Waals surface area (Å²) < 4.78 is 3.60. The van der Waals surface area contributed by atoms with Crippen LogP contribution in [0.5, 0.6) is 0 Å². The van der Waals surface area contributed by atoms with E-state index in [4.69, 9.17) is 4.98 Å². The Bertz CT molecular complexity index is 1650. The number of para-hydroxylation sites is 3. The molecule has 0 N–H and O–H groups in total. The van der Waals surface area contributed by atoms with Gasteiger partial charge in [0.25, 0.3) is 5.56 Å². The van der Waals surface area contributed by atoms with Gasteiger partial charge in [-0.3, -0.25) is 18.7 Å². The van der Waals surface area contributed by atoms with E-state index in [1.165, 1.54) is 22.7 Å². The number of nitrogens with zero attached hydrogens (tertiary/aromatic N) is 3. The number of carbonyl (C=O) groups is 1. The first-order valence-electron chi connectivity index (χ1n) is 12.6. The Morgan fingerprint density at radius 1 is 0.917 bits per heavy atom. The van der Waals surface area contributed by atoms with E-state index in [-0.39, 0.29) is 16.7 Å². The molecule has 1 aliphatic carbocycles. The van der Waals surface area contributed by atoms with E-state index in [1.54, 1.807) is 10.6 Å². The van der Waals surface area contributed by atoms with Crippen LogP contribution in [0, 0.1) is 0 Å². The van der Waals surface area contributed by atoms with Crippen molar-refractivity contribution in [3.05, 3.63) is 100 Å². The standard InChI is InChI=1S/C30H27N3O2S/c1-2-27(29(35)33-25-18-10-7-14-21(25)22-15-8-11-19-26(22)33)36-30-31-24-17-9-6-16-23(24)28(34)32(30)20-12-4-3-5-13-20/h3-7,9-10,12-14,16-18,27H,2,8,11,15,19H2,1H3. The minimum absolute atomic E-state index is 0.0591. The molecule has 2 heterocycles. The SMILES string of the molecule is CCC(Sc1nc2ccccc2c(=O)n1-c1ccccc1)C(=O)n1c2c(c3ccccc31)CCCC2. The number of aryl methyl sites for hydroxylation is 1. The van der Waals surface area contributed by atoms with Gasteiger partial charge >= 0.3 is 0 Å². The molecule has 0 saturated carbocycles. The Labute approximate surface area is 213 Å². The highest BCUT2D eigenvalue weighted by Crippen LogP contribution is 2.35. The Hall–Kier alpha value is -3.64. The van der Waals surface area contributed by atoms with Crippen LogP contribution in [0.2, 0.25) is 0 Å². The number of benzene rings is 3. The topological polar surface area (TPSA) is 56.9 Å². The molecular weight excluding hydrogens is 466 g/mol. The van der Waals surface area contributed by atoms with Gasteiger partial charge in [-0.2, -0.15) is 0 Å². The van der Waals surface area contributed by atoms with Crippen molar-refractivity contribution in [2.75, 3.05) is 0 Å². The molecule has 0 amide bonds. The number of hydrogen-bond acceptors (Lipinski definition) is 4. The fourth-order valence-electron chi connectivity index (χ4n) is 5.32. The van der Waals surface area contributed by atoms with Gasteiger partial charge in [0.05, 0.1) is 27.4 Å². The van der Waals surface area contributed by atoms with Crippen molar-refractivity contribution in [2.24, 2.45) is 0 Å². The van der Waals surface area contributed by atoms with E-state index in [9.17, 15) is 9.59 Å². The van der Waals surface area contributed by atoms with Crippen molar-refractivity contribution in [2.45, 2.75) is 49.4 Å². The van der Waals surface area contributed by atoms with Crippen LogP contribution in [0.25, 0.3) is 27.5 Å². The van der Waals surface area contributed by atoms with Crippen LogP contribution < -0.4 is 5.56 Å². The molecule has 1 atom stereocenters. The van der Waals surface area contributed by atoms with E-state index in [0.29, 0.717) is 22.5 Å². The second-order valence-electron chi connectivity index (χ2n) is 9.23. The Morgan fingerprint density at radius 3 is 2.42 bits per heavy atom. The molecule has 6 rings (SSSR count). The summed E-state index contributed by atoms with van der Waals surface area (Å²) in [5, 5.41) is 1.91. The van der Waals surface area contributed by atoms with Gasteiger partial charge in [0.1, 0.15) is 0 Å². The number of hydrogen-bond donors (Lipinski definition) is 0. The predicted molar refractivity (Wildman–Crippen MR) is 146 cm³/mol. The molecule has 180 valence electrons. The molecule has 0 radical (unpaired) electrons. The molecular formula is C30H27N3O2S. The summed E-state index contributed by atoms with van der Waals surface area (Å²) in [6.45, 7) is 2.03. The summed E-state index contributed by atoms with van der Waals surface area (Å²) >= 11 is 1.39. The molecule has 0 aliphatic heterocycles. The normalized spacial score (nSPS) is 14.1. The molecule has 0 spiro atoms. The predicted octanol–water partition coefficient (Wildman–Crippen LogP) is 6.43. The first-order chi connectivity index (χ1) is 17.7. The molecule has 5 nitrogen and oxygen atoms in total. The van der Waals surface area contributed by atoms with Crippen LogP contribution in [0.3, 0.4) is 0 Å². The maximum absolute atomic E-state index is 14.2. The quantitative estimate of drug-likeness (QED) is 0.209. The van der Waals surface area contributed by atoms with Crippen LogP contribution in [-0.2, 0) is 12.8 Å². The van der Waals surface area contributed by atoms with Crippen molar-refractivity contribution < 1.29 is 4.79 Å². The van der Waals surface area contributed by atoms with Crippen molar-refractivity contribution >= 4 is 39.5 Å². The smallest absolute Gasteiger partial charge is 0.266 e. The van der Waals surface area contributed by atoms with Crippen molar-refractivity contribution in [3.8, 4) is 5.69 Å². The van der Waals surface area contributed by atoms with Gasteiger partial charge in [0, 0.05) is 11.1 Å². The van der Waals surface area contributed by atoms with E-state index in [2.05, 4.69) is 18.2 Å². The van der Waals surface area contributed by atoms with Gasteiger partial charge < -0.3 is 0 Å². The summed E-state index contributed by atoms with van der Waals surface area (Å²) in [6.07, 6.45) is 4.81. The molecule has 3 aromatic carbocycles. The fraction of sp³-hybridized carbons (Fsp3) is 0.233. The third kappa shape index (κ3) is 3.77. The Kier molecular flexibility index (Phi) is 5.97. The first kappa shape index (κ1) is 22.8. The maximum Gasteiger partial charge on any atom is 0.266 e. The second-order valence-corrected chi connectivity index (χ2v) is 10.4. The van der Waals surface area contributed by atoms with Gasteiger partial charge in [0.15, 0.2) is 5.16 Å². The molecule has 0 fully saturated rings. The van der Waals surface area contributed by atoms with Crippen molar-refractivity contribution in [1.29, 1.82) is 0 Å². The summed E-state index contributed by atoms with van der Waals surface area (Å²) in [5.41, 5.74) is 4.71. The lowest BCUT2D eigenvalue weighted by atomic mass is 9.95. The van der Waals surface area contributed by atoms with E-state index >= 15 is 0 Å². The number of rotatable bonds is 5.